The standard InChI is InChI=1S/C24H31N3O2/c1-28-23-12-11-21(16-24(23)29-15-6-5-13-25)17-26-22-10-7-14-27(19-22)18-20-8-3-2-4-9-20/h2-4,8-9,11-12,16,22,26H,5-7,10,14-15,17-19H2,1H3. The monoisotopic (exact) mass is 393 g/mol. The third kappa shape index (κ3) is 6.77. The fourth-order valence-corrected chi connectivity index (χ4v) is 3.75. The summed E-state index contributed by atoms with van der Waals surface area (Å²) in [5.41, 5.74) is 2.56. The fourth-order valence-electron chi connectivity index (χ4n) is 3.75. The average Bonchev–Trinajstić information content (AvgIpc) is 2.76. The van der Waals surface area contributed by atoms with Crippen LogP contribution in [0.1, 0.15) is 36.8 Å². The van der Waals surface area contributed by atoms with Crippen LogP contribution in [0.4, 0.5) is 0 Å². The van der Waals surface area contributed by atoms with Gasteiger partial charge in [-0.15, -0.1) is 0 Å². The van der Waals surface area contributed by atoms with E-state index < -0.39 is 0 Å². The number of methoxy groups -OCH3 is 1. The molecular formula is C24H31N3O2. The Kier molecular flexibility index (Phi) is 8.36. The highest BCUT2D eigenvalue weighted by Gasteiger charge is 2.19. The fraction of sp³-hybridized carbons (Fsp3) is 0.458. The molecule has 1 heterocycles. The average molecular weight is 394 g/mol. The molecule has 1 N–H and O–H groups in total. The summed E-state index contributed by atoms with van der Waals surface area (Å²) in [5, 5.41) is 12.4. The second kappa shape index (κ2) is 11.5. The van der Waals surface area contributed by atoms with Crippen LogP contribution in [0, 0.1) is 11.3 Å². The SMILES string of the molecule is COc1ccc(CNC2CCCN(Cc3ccccc3)C2)cc1OCCCC#N. The Labute approximate surface area is 174 Å². The van der Waals surface area contributed by atoms with E-state index in [0.29, 0.717) is 19.1 Å². The van der Waals surface area contributed by atoms with Crippen molar-refractivity contribution in [2.24, 2.45) is 0 Å². The van der Waals surface area contributed by atoms with Gasteiger partial charge in [0.25, 0.3) is 0 Å². The smallest absolute Gasteiger partial charge is 0.161 e. The minimum Gasteiger partial charge on any atom is -0.493 e. The molecule has 29 heavy (non-hydrogen) atoms. The molecule has 0 amide bonds. The number of piperidine rings is 1. The lowest BCUT2D eigenvalue weighted by Gasteiger charge is -2.33. The lowest BCUT2D eigenvalue weighted by molar-refractivity contribution is 0.182. The van der Waals surface area contributed by atoms with Crippen molar-refractivity contribution < 1.29 is 9.47 Å². The van der Waals surface area contributed by atoms with E-state index in [1.807, 2.05) is 12.1 Å². The van der Waals surface area contributed by atoms with Gasteiger partial charge < -0.3 is 14.8 Å². The van der Waals surface area contributed by atoms with Crippen molar-refractivity contribution in [1.29, 1.82) is 5.26 Å². The number of nitrogens with one attached hydrogen (secondary N) is 1. The molecule has 2 aromatic carbocycles. The maximum Gasteiger partial charge on any atom is 0.161 e. The molecule has 1 unspecified atom stereocenters. The summed E-state index contributed by atoms with van der Waals surface area (Å²) in [7, 11) is 1.65. The second-order valence-corrected chi connectivity index (χ2v) is 7.54. The van der Waals surface area contributed by atoms with Gasteiger partial charge in [-0.05, 0) is 49.1 Å². The van der Waals surface area contributed by atoms with Crippen molar-refractivity contribution in [3.8, 4) is 17.6 Å². The first-order valence-corrected chi connectivity index (χ1v) is 10.4. The molecule has 0 aliphatic carbocycles. The quantitative estimate of drug-likeness (QED) is 0.615. The molecule has 5 nitrogen and oxygen atoms in total. The van der Waals surface area contributed by atoms with Gasteiger partial charge in [0, 0.05) is 32.1 Å². The van der Waals surface area contributed by atoms with Crippen LogP contribution in [0.2, 0.25) is 0 Å². The molecule has 154 valence electrons. The highest BCUT2D eigenvalue weighted by molar-refractivity contribution is 5.43. The van der Waals surface area contributed by atoms with Crippen LogP contribution in [0.15, 0.2) is 48.5 Å². The van der Waals surface area contributed by atoms with E-state index in [4.69, 9.17) is 14.7 Å². The van der Waals surface area contributed by atoms with Crippen molar-refractivity contribution in [2.45, 2.75) is 44.8 Å². The molecule has 0 radical (unpaired) electrons. The maximum absolute atomic E-state index is 8.66. The van der Waals surface area contributed by atoms with Crippen LogP contribution in [0.3, 0.4) is 0 Å². The number of hydrogen-bond donors (Lipinski definition) is 1. The molecule has 3 rings (SSSR count). The summed E-state index contributed by atoms with van der Waals surface area (Å²) >= 11 is 0. The third-order valence-corrected chi connectivity index (χ3v) is 5.27. The second-order valence-electron chi connectivity index (χ2n) is 7.54. The van der Waals surface area contributed by atoms with E-state index in [1.165, 1.54) is 24.0 Å². The van der Waals surface area contributed by atoms with Crippen LogP contribution >= 0.6 is 0 Å². The molecule has 1 aliphatic heterocycles. The van der Waals surface area contributed by atoms with Crippen LogP contribution in [0.5, 0.6) is 11.5 Å². The van der Waals surface area contributed by atoms with E-state index in [9.17, 15) is 0 Å². The van der Waals surface area contributed by atoms with E-state index >= 15 is 0 Å². The lowest BCUT2D eigenvalue weighted by Crippen LogP contribution is -2.45. The Morgan fingerprint density at radius 3 is 2.79 bits per heavy atom. The molecule has 1 saturated heterocycles. The van der Waals surface area contributed by atoms with Crippen molar-refractivity contribution in [3.63, 3.8) is 0 Å². The van der Waals surface area contributed by atoms with Gasteiger partial charge in [0.2, 0.25) is 0 Å². The molecular weight excluding hydrogens is 362 g/mol. The number of ether oxygens (including phenoxy) is 2. The van der Waals surface area contributed by atoms with Crippen LogP contribution in [-0.2, 0) is 13.1 Å². The molecule has 0 bridgehead atoms. The maximum atomic E-state index is 8.66. The predicted octanol–water partition coefficient (Wildman–Crippen LogP) is 4.13. The summed E-state index contributed by atoms with van der Waals surface area (Å²) in [6, 6.07) is 19.4. The van der Waals surface area contributed by atoms with Gasteiger partial charge in [-0.2, -0.15) is 5.26 Å². The number of unbranched alkanes of at least 4 members (excludes halogenated alkanes) is 1. The van der Waals surface area contributed by atoms with Gasteiger partial charge in [-0.3, -0.25) is 4.90 Å². The molecule has 2 aromatic rings. The van der Waals surface area contributed by atoms with Crippen molar-refractivity contribution in [1.82, 2.24) is 10.2 Å². The largest absolute Gasteiger partial charge is 0.493 e. The number of nitriles is 1. The summed E-state index contributed by atoms with van der Waals surface area (Å²) in [6.07, 6.45) is 3.66. The van der Waals surface area contributed by atoms with Crippen LogP contribution in [0.25, 0.3) is 0 Å². The molecule has 0 aromatic heterocycles. The van der Waals surface area contributed by atoms with Crippen molar-refractivity contribution in [3.05, 3.63) is 59.7 Å². The molecule has 1 aliphatic rings. The van der Waals surface area contributed by atoms with Crippen molar-refractivity contribution in [2.75, 3.05) is 26.8 Å². The van der Waals surface area contributed by atoms with Crippen molar-refractivity contribution >= 4 is 0 Å². The van der Waals surface area contributed by atoms with Gasteiger partial charge in [0.1, 0.15) is 0 Å². The Balaban J connectivity index is 1.51. The lowest BCUT2D eigenvalue weighted by atomic mass is 10.0. The van der Waals surface area contributed by atoms with Crippen LogP contribution < -0.4 is 14.8 Å². The molecule has 1 atom stereocenters. The Morgan fingerprint density at radius 1 is 1.14 bits per heavy atom. The zero-order valence-corrected chi connectivity index (χ0v) is 17.3. The summed E-state index contributed by atoms with van der Waals surface area (Å²) < 4.78 is 11.2. The Hall–Kier alpha value is -2.55. The number of benzene rings is 2. The van der Waals surface area contributed by atoms with Gasteiger partial charge in [0.05, 0.1) is 19.8 Å². The first-order chi connectivity index (χ1) is 14.3. The highest BCUT2D eigenvalue weighted by atomic mass is 16.5. The van der Waals surface area contributed by atoms with Gasteiger partial charge in [0.15, 0.2) is 11.5 Å². The highest BCUT2D eigenvalue weighted by Crippen LogP contribution is 2.28. The first-order valence-electron chi connectivity index (χ1n) is 10.4. The topological polar surface area (TPSA) is 57.5 Å². The summed E-state index contributed by atoms with van der Waals surface area (Å²) in [5.74, 6) is 1.48. The predicted molar refractivity (Wildman–Crippen MR) is 115 cm³/mol. The number of likely N-dealkylation sites (tertiary alicyclic amines) is 1. The summed E-state index contributed by atoms with van der Waals surface area (Å²) in [6.45, 7) is 4.58. The number of nitrogens with zero attached hydrogens (tertiary/aromatic N) is 2. The van der Waals surface area contributed by atoms with Gasteiger partial charge >= 0.3 is 0 Å². The molecule has 0 saturated carbocycles. The van der Waals surface area contributed by atoms with E-state index in [2.05, 4.69) is 52.7 Å². The molecule has 5 heteroatoms. The van der Waals surface area contributed by atoms with E-state index in [-0.39, 0.29) is 0 Å². The van der Waals surface area contributed by atoms with E-state index in [1.54, 1.807) is 7.11 Å². The molecule has 1 fully saturated rings. The van der Waals surface area contributed by atoms with Gasteiger partial charge in [-0.25, -0.2) is 0 Å². The zero-order valence-electron chi connectivity index (χ0n) is 17.3. The zero-order chi connectivity index (χ0) is 20.3. The van der Waals surface area contributed by atoms with Gasteiger partial charge in [-0.1, -0.05) is 36.4 Å². The Bertz CT molecular complexity index is 788. The normalized spacial score (nSPS) is 16.9. The summed E-state index contributed by atoms with van der Waals surface area (Å²) in [4.78, 5) is 2.54. The molecule has 0 spiro atoms. The minimum absolute atomic E-state index is 0.495. The number of hydrogen-bond acceptors (Lipinski definition) is 5. The minimum atomic E-state index is 0.495. The van der Waals surface area contributed by atoms with E-state index in [0.717, 1.165) is 44.1 Å². The van der Waals surface area contributed by atoms with Crippen LogP contribution in [-0.4, -0.2) is 37.7 Å². The third-order valence-electron chi connectivity index (χ3n) is 5.27. The number of rotatable bonds is 10. The Morgan fingerprint density at radius 2 is 2.00 bits per heavy atom. The first kappa shape index (κ1) is 21.2.